The Labute approximate surface area is 119 Å². The second-order valence-corrected chi connectivity index (χ2v) is 4.85. The quantitative estimate of drug-likeness (QED) is 0.821. The highest BCUT2D eigenvalue weighted by atomic mass is 16.2. The first-order chi connectivity index (χ1) is 9.69. The molecule has 1 atom stereocenters. The molecule has 4 heteroatoms. The van der Waals surface area contributed by atoms with Crippen LogP contribution in [-0.4, -0.2) is 22.0 Å². The summed E-state index contributed by atoms with van der Waals surface area (Å²) < 4.78 is 2.04. The molecule has 1 heterocycles. The van der Waals surface area contributed by atoms with Gasteiger partial charge >= 0.3 is 0 Å². The van der Waals surface area contributed by atoms with E-state index in [1.54, 1.807) is 6.08 Å². The molecule has 106 valence electrons. The van der Waals surface area contributed by atoms with E-state index in [1.807, 2.05) is 35.8 Å². The summed E-state index contributed by atoms with van der Waals surface area (Å²) in [6.07, 6.45) is 3.56. The van der Waals surface area contributed by atoms with E-state index < -0.39 is 0 Å². The number of carbonyl (C=O) groups is 1. The third kappa shape index (κ3) is 2.74. The van der Waals surface area contributed by atoms with Crippen LogP contribution < -0.4 is 5.32 Å². The van der Waals surface area contributed by atoms with Crippen molar-refractivity contribution in [3.63, 3.8) is 0 Å². The van der Waals surface area contributed by atoms with Gasteiger partial charge in [-0.3, -0.25) is 4.79 Å². The Bertz CT molecular complexity index is 615. The summed E-state index contributed by atoms with van der Waals surface area (Å²) in [6, 6.07) is 7.67. The Morgan fingerprint density at radius 3 is 2.95 bits per heavy atom. The second kappa shape index (κ2) is 6.37. The number of rotatable bonds is 6. The topological polar surface area (TPSA) is 46.9 Å². The molecule has 20 heavy (non-hydrogen) atoms. The summed E-state index contributed by atoms with van der Waals surface area (Å²) in [5, 5.41) is 2.85. The number of fused-ring (bicyclic) bond motifs is 1. The summed E-state index contributed by atoms with van der Waals surface area (Å²) in [4.78, 5) is 16.8. The van der Waals surface area contributed by atoms with Gasteiger partial charge in [-0.25, -0.2) is 4.98 Å². The number of benzene rings is 1. The number of hydrogen-bond acceptors (Lipinski definition) is 2. The van der Waals surface area contributed by atoms with Crippen molar-refractivity contribution in [3.8, 4) is 0 Å². The van der Waals surface area contributed by atoms with Crippen molar-refractivity contribution in [2.45, 2.75) is 32.7 Å². The lowest BCUT2D eigenvalue weighted by atomic mass is 10.2. The van der Waals surface area contributed by atoms with Gasteiger partial charge in [0.05, 0.1) is 11.0 Å². The van der Waals surface area contributed by atoms with Gasteiger partial charge < -0.3 is 9.88 Å². The van der Waals surface area contributed by atoms with Gasteiger partial charge in [0.1, 0.15) is 11.9 Å². The summed E-state index contributed by atoms with van der Waals surface area (Å²) in [7, 11) is 0. The van der Waals surface area contributed by atoms with Gasteiger partial charge in [0.2, 0.25) is 5.91 Å². The number of para-hydroxylation sites is 2. The summed E-state index contributed by atoms with van der Waals surface area (Å²) in [5.74, 6) is 0.959. The molecule has 1 amide bonds. The number of hydrogen-bond donors (Lipinski definition) is 1. The zero-order valence-corrected chi connectivity index (χ0v) is 12.1. The number of carbonyl (C=O) groups excluding carboxylic acids is 1. The van der Waals surface area contributed by atoms with Crippen molar-refractivity contribution in [1.82, 2.24) is 14.9 Å². The molecular weight excluding hydrogens is 250 g/mol. The fourth-order valence-electron chi connectivity index (χ4n) is 2.36. The fraction of sp³-hybridized carbons (Fsp3) is 0.375. The van der Waals surface area contributed by atoms with Crippen LogP contribution >= 0.6 is 0 Å². The molecular formula is C16H21N3O. The van der Waals surface area contributed by atoms with Gasteiger partial charge in [-0.2, -0.15) is 0 Å². The number of aromatic nitrogens is 2. The number of imidazole rings is 1. The van der Waals surface area contributed by atoms with Gasteiger partial charge in [0.15, 0.2) is 0 Å². The van der Waals surface area contributed by atoms with Gasteiger partial charge in [-0.05, 0) is 25.5 Å². The van der Waals surface area contributed by atoms with E-state index in [4.69, 9.17) is 0 Å². The van der Waals surface area contributed by atoms with E-state index in [-0.39, 0.29) is 11.9 Å². The highest BCUT2D eigenvalue weighted by Gasteiger charge is 2.20. The molecule has 0 saturated heterocycles. The van der Waals surface area contributed by atoms with Crippen LogP contribution in [0.4, 0.5) is 0 Å². The van der Waals surface area contributed by atoms with Crippen LogP contribution in [0.25, 0.3) is 11.0 Å². The molecule has 0 aliphatic rings. The van der Waals surface area contributed by atoms with E-state index >= 15 is 0 Å². The van der Waals surface area contributed by atoms with Crippen LogP contribution in [0.2, 0.25) is 0 Å². The Balaban J connectivity index is 2.42. The molecule has 0 bridgehead atoms. The average molecular weight is 271 g/mol. The summed E-state index contributed by atoms with van der Waals surface area (Å²) >= 11 is 0. The van der Waals surface area contributed by atoms with E-state index in [1.165, 1.54) is 0 Å². The minimum atomic E-state index is -0.274. The lowest BCUT2D eigenvalue weighted by Gasteiger charge is -2.16. The molecule has 0 aliphatic carbocycles. The third-order valence-electron chi connectivity index (χ3n) is 3.33. The number of aryl methyl sites for hydroxylation is 1. The molecule has 2 rings (SSSR count). The van der Waals surface area contributed by atoms with Crippen molar-refractivity contribution in [3.05, 3.63) is 42.7 Å². The first-order valence-electron chi connectivity index (χ1n) is 7.03. The molecule has 0 spiro atoms. The molecule has 0 radical (unpaired) electrons. The zero-order valence-electron chi connectivity index (χ0n) is 12.1. The lowest BCUT2D eigenvalue weighted by Crippen LogP contribution is -2.31. The summed E-state index contributed by atoms with van der Waals surface area (Å²) in [5.41, 5.74) is 1.96. The van der Waals surface area contributed by atoms with Crippen LogP contribution in [0.15, 0.2) is 36.9 Å². The smallest absolute Gasteiger partial charge is 0.243 e. The second-order valence-electron chi connectivity index (χ2n) is 4.85. The number of amides is 1. The highest BCUT2D eigenvalue weighted by molar-refractivity contribution is 5.84. The Kier molecular flexibility index (Phi) is 4.56. The van der Waals surface area contributed by atoms with Gasteiger partial charge in [0.25, 0.3) is 0 Å². The van der Waals surface area contributed by atoms with Crippen molar-refractivity contribution in [1.29, 1.82) is 0 Å². The standard InChI is InChI=1S/C16H21N3O/c1-4-8-15-18-13-9-6-7-10-14(13)19(15)12(3)16(20)17-11-5-2/h5-7,9-10,12H,2,4,8,11H2,1,3H3,(H,17,20). The van der Waals surface area contributed by atoms with Crippen LogP contribution in [0.5, 0.6) is 0 Å². The van der Waals surface area contributed by atoms with Crippen LogP contribution in [-0.2, 0) is 11.2 Å². The van der Waals surface area contributed by atoms with Gasteiger partial charge in [-0.15, -0.1) is 6.58 Å². The SMILES string of the molecule is C=CCNC(=O)C(C)n1c(CCC)nc2ccccc21. The first-order valence-corrected chi connectivity index (χ1v) is 7.03. The van der Waals surface area contributed by atoms with E-state index in [0.717, 1.165) is 29.7 Å². The Morgan fingerprint density at radius 2 is 2.25 bits per heavy atom. The van der Waals surface area contributed by atoms with Crippen molar-refractivity contribution < 1.29 is 4.79 Å². The van der Waals surface area contributed by atoms with Crippen LogP contribution in [0.3, 0.4) is 0 Å². The highest BCUT2D eigenvalue weighted by Crippen LogP contribution is 2.22. The summed E-state index contributed by atoms with van der Waals surface area (Å²) in [6.45, 7) is 8.13. The van der Waals surface area contributed by atoms with Gasteiger partial charge in [-0.1, -0.05) is 25.1 Å². The average Bonchev–Trinajstić information content (AvgIpc) is 2.82. The minimum absolute atomic E-state index is 0.00888. The predicted molar refractivity (Wildman–Crippen MR) is 81.6 cm³/mol. The molecule has 0 aliphatic heterocycles. The Morgan fingerprint density at radius 1 is 1.50 bits per heavy atom. The van der Waals surface area contributed by atoms with Gasteiger partial charge in [0, 0.05) is 13.0 Å². The maximum Gasteiger partial charge on any atom is 0.243 e. The zero-order chi connectivity index (χ0) is 14.5. The molecule has 1 aromatic heterocycles. The Hall–Kier alpha value is -2.10. The van der Waals surface area contributed by atoms with Crippen LogP contribution in [0, 0.1) is 0 Å². The molecule has 0 saturated carbocycles. The predicted octanol–water partition coefficient (Wildman–Crippen LogP) is 2.85. The molecule has 1 aromatic carbocycles. The normalized spacial score (nSPS) is 12.3. The minimum Gasteiger partial charge on any atom is -0.351 e. The maximum atomic E-state index is 12.2. The van der Waals surface area contributed by atoms with Crippen molar-refractivity contribution in [2.75, 3.05) is 6.54 Å². The largest absolute Gasteiger partial charge is 0.351 e. The van der Waals surface area contributed by atoms with Crippen LogP contribution in [0.1, 0.15) is 32.1 Å². The molecule has 0 fully saturated rings. The number of nitrogens with zero attached hydrogens (tertiary/aromatic N) is 2. The van der Waals surface area contributed by atoms with Crippen molar-refractivity contribution >= 4 is 16.9 Å². The molecule has 1 unspecified atom stereocenters. The fourth-order valence-corrected chi connectivity index (χ4v) is 2.36. The van der Waals surface area contributed by atoms with E-state index in [2.05, 4.69) is 23.8 Å². The lowest BCUT2D eigenvalue weighted by molar-refractivity contribution is -0.123. The third-order valence-corrected chi connectivity index (χ3v) is 3.33. The molecule has 2 aromatic rings. The van der Waals surface area contributed by atoms with E-state index in [9.17, 15) is 4.79 Å². The maximum absolute atomic E-state index is 12.2. The molecule has 1 N–H and O–H groups in total. The van der Waals surface area contributed by atoms with E-state index in [0.29, 0.717) is 6.54 Å². The molecule has 4 nitrogen and oxygen atoms in total. The van der Waals surface area contributed by atoms with Crippen molar-refractivity contribution in [2.24, 2.45) is 0 Å². The number of nitrogens with one attached hydrogen (secondary N) is 1. The monoisotopic (exact) mass is 271 g/mol. The first kappa shape index (κ1) is 14.3.